The molecule has 2 rings (SSSR count). The summed E-state index contributed by atoms with van der Waals surface area (Å²) in [7, 11) is 0. The van der Waals surface area contributed by atoms with Crippen molar-refractivity contribution < 1.29 is 14.7 Å². The molecular formula is C14H18N2O3. The van der Waals surface area contributed by atoms with Crippen molar-refractivity contribution in [3.63, 3.8) is 0 Å². The van der Waals surface area contributed by atoms with E-state index in [1.807, 2.05) is 36.9 Å². The highest BCUT2D eigenvalue weighted by molar-refractivity contribution is 5.91. The standard InChI is InChI=1S/C14H18N2O3/c1-14(2,13(19)15-9-12(17)18)16-8-7-10-5-3-4-6-11(10)16/h3-6H,7-9H2,1-2H3,(H,15,19)(H,17,18). The molecule has 1 aliphatic rings. The molecular weight excluding hydrogens is 244 g/mol. The summed E-state index contributed by atoms with van der Waals surface area (Å²) in [5.74, 6) is -1.31. The molecule has 0 atom stereocenters. The first-order valence-electron chi connectivity index (χ1n) is 6.28. The fraction of sp³-hybridized carbons (Fsp3) is 0.429. The molecule has 5 nitrogen and oxygen atoms in total. The van der Waals surface area contributed by atoms with Gasteiger partial charge in [-0.15, -0.1) is 0 Å². The topological polar surface area (TPSA) is 69.6 Å². The number of carbonyl (C=O) groups excluding carboxylic acids is 1. The first-order valence-corrected chi connectivity index (χ1v) is 6.28. The van der Waals surface area contributed by atoms with Gasteiger partial charge in [0.1, 0.15) is 12.1 Å². The Bertz CT molecular complexity index is 511. The number of rotatable bonds is 4. The van der Waals surface area contributed by atoms with Crippen LogP contribution in [-0.2, 0) is 16.0 Å². The minimum atomic E-state index is -1.04. The highest BCUT2D eigenvalue weighted by Gasteiger charge is 2.37. The van der Waals surface area contributed by atoms with Gasteiger partial charge in [-0.1, -0.05) is 18.2 Å². The zero-order valence-electron chi connectivity index (χ0n) is 11.1. The van der Waals surface area contributed by atoms with Gasteiger partial charge >= 0.3 is 5.97 Å². The van der Waals surface area contributed by atoms with Gasteiger partial charge in [0.15, 0.2) is 0 Å². The smallest absolute Gasteiger partial charge is 0.322 e. The second-order valence-electron chi connectivity index (χ2n) is 5.17. The van der Waals surface area contributed by atoms with Crippen molar-refractivity contribution >= 4 is 17.6 Å². The second-order valence-corrected chi connectivity index (χ2v) is 5.17. The van der Waals surface area contributed by atoms with Crippen LogP contribution >= 0.6 is 0 Å². The van der Waals surface area contributed by atoms with Crippen LogP contribution in [0.15, 0.2) is 24.3 Å². The Hall–Kier alpha value is -2.04. The van der Waals surface area contributed by atoms with E-state index in [1.54, 1.807) is 0 Å². The molecule has 1 aromatic carbocycles. The first kappa shape index (κ1) is 13.4. The number of nitrogens with one attached hydrogen (secondary N) is 1. The minimum absolute atomic E-state index is 0.272. The molecule has 2 N–H and O–H groups in total. The van der Waals surface area contributed by atoms with Crippen LogP contribution in [0.25, 0.3) is 0 Å². The zero-order valence-corrected chi connectivity index (χ0v) is 11.1. The van der Waals surface area contributed by atoms with Crippen LogP contribution in [0.5, 0.6) is 0 Å². The largest absolute Gasteiger partial charge is 0.480 e. The Labute approximate surface area is 112 Å². The summed E-state index contributed by atoms with van der Waals surface area (Å²) in [6, 6.07) is 7.98. The van der Waals surface area contributed by atoms with Crippen molar-refractivity contribution in [1.29, 1.82) is 0 Å². The van der Waals surface area contributed by atoms with Gasteiger partial charge in [-0.3, -0.25) is 9.59 Å². The van der Waals surface area contributed by atoms with Crippen molar-refractivity contribution in [2.24, 2.45) is 0 Å². The molecule has 19 heavy (non-hydrogen) atoms. The summed E-state index contributed by atoms with van der Waals surface area (Å²) >= 11 is 0. The van der Waals surface area contributed by atoms with Crippen LogP contribution in [0.4, 0.5) is 5.69 Å². The summed E-state index contributed by atoms with van der Waals surface area (Å²) in [6.45, 7) is 4.04. The molecule has 0 fully saturated rings. The maximum atomic E-state index is 12.1. The number of para-hydroxylation sites is 1. The molecule has 0 spiro atoms. The van der Waals surface area contributed by atoms with Crippen LogP contribution in [0.3, 0.4) is 0 Å². The summed E-state index contributed by atoms with van der Waals surface area (Å²) in [5.41, 5.74) is 1.52. The van der Waals surface area contributed by atoms with Crippen LogP contribution in [-0.4, -0.2) is 35.6 Å². The van der Waals surface area contributed by atoms with Crippen molar-refractivity contribution in [1.82, 2.24) is 5.32 Å². The van der Waals surface area contributed by atoms with Crippen molar-refractivity contribution in [3.05, 3.63) is 29.8 Å². The molecule has 0 aromatic heterocycles. The molecule has 0 aliphatic carbocycles. The first-order chi connectivity index (χ1) is 8.93. The molecule has 1 heterocycles. The lowest BCUT2D eigenvalue weighted by molar-refractivity contribution is -0.138. The summed E-state index contributed by atoms with van der Waals surface area (Å²) in [4.78, 5) is 24.7. The maximum absolute atomic E-state index is 12.1. The predicted molar refractivity (Wildman–Crippen MR) is 72.2 cm³/mol. The number of anilines is 1. The van der Waals surface area contributed by atoms with Gasteiger partial charge in [0.2, 0.25) is 5.91 Å². The van der Waals surface area contributed by atoms with Crippen LogP contribution < -0.4 is 10.2 Å². The van der Waals surface area contributed by atoms with E-state index < -0.39 is 11.5 Å². The maximum Gasteiger partial charge on any atom is 0.322 e. The molecule has 0 saturated heterocycles. The molecule has 0 radical (unpaired) electrons. The van der Waals surface area contributed by atoms with Gasteiger partial charge < -0.3 is 15.3 Å². The number of carbonyl (C=O) groups is 2. The molecule has 5 heteroatoms. The fourth-order valence-corrected chi connectivity index (χ4v) is 2.41. The Morgan fingerprint density at radius 1 is 1.37 bits per heavy atom. The van der Waals surface area contributed by atoms with E-state index in [1.165, 1.54) is 5.56 Å². The highest BCUT2D eigenvalue weighted by atomic mass is 16.4. The second kappa shape index (κ2) is 4.91. The highest BCUT2D eigenvalue weighted by Crippen LogP contribution is 2.33. The van der Waals surface area contributed by atoms with Gasteiger partial charge in [-0.05, 0) is 31.9 Å². The lowest BCUT2D eigenvalue weighted by atomic mass is 10.0. The Morgan fingerprint density at radius 3 is 2.74 bits per heavy atom. The third-order valence-corrected chi connectivity index (χ3v) is 3.52. The van der Waals surface area contributed by atoms with Crippen LogP contribution in [0.1, 0.15) is 19.4 Å². The number of hydrogen-bond donors (Lipinski definition) is 2. The normalized spacial score (nSPS) is 14.1. The average molecular weight is 262 g/mol. The van der Waals surface area contributed by atoms with Crippen molar-refractivity contribution in [3.8, 4) is 0 Å². The lowest BCUT2D eigenvalue weighted by Gasteiger charge is -2.36. The summed E-state index contributed by atoms with van der Waals surface area (Å²) in [5, 5.41) is 11.1. The van der Waals surface area contributed by atoms with E-state index in [4.69, 9.17) is 5.11 Å². The van der Waals surface area contributed by atoms with Gasteiger partial charge in [0, 0.05) is 12.2 Å². The Morgan fingerprint density at radius 2 is 2.05 bits per heavy atom. The SMILES string of the molecule is CC(C)(C(=O)NCC(=O)O)N1CCc2ccccc21. The number of hydrogen-bond acceptors (Lipinski definition) is 3. The van der Waals surface area contributed by atoms with E-state index in [0.29, 0.717) is 0 Å². The third kappa shape index (κ3) is 2.54. The molecule has 0 bridgehead atoms. The number of amides is 1. The van der Waals surface area contributed by atoms with E-state index in [9.17, 15) is 9.59 Å². The van der Waals surface area contributed by atoms with Gasteiger partial charge in [-0.2, -0.15) is 0 Å². The fourth-order valence-electron chi connectivity index (χ4n) is 2.41. The van der Waals surface area contributed by atoms with Gasteiger partial charge in [-0.25, -0.2) is 0 Å². The molecule has 102 valence electrons. The van der Waals surface area contributed by atoms with Crippen LogP contribution in [0, 0.1) is 0 Å². The van der Waals surface area contributed by atoms with Crippen LogP contribution in [0.2, 0.25) is 0 Å². The average Bonchev–Trinajstić information content (AvgIpc) is 2.80. The van der Waals surface area contributed by atoms with Gasteiger partial charge in [0.25, 0.3) is 0 Å². The number of carboxylic acid groups (broad SMARTS) is 1. The molecule has 1 amide bonds. The molecule has 1 aromatic rings. The molecule has 0 saturated carbocycles. The lowest BCUT2D eigenvalue weighted by Crippen LogP contribution is -2.55. The third-order valence-electron chi connectivity index (χ3n) is 3.52. The number of fused-ring (bicyclic) bond motifs is 1. The van der Waals surface area contributed by atoms with E-state index in [-0.39, 0.29) is 12.5 Å². The number of benzene rings is 1. The quantitative estimate of drug-likeness (QED) is 0.850. The monoisotopic (exact) mass is 262 g/mol. The Balaban J connectivity index is 2.17. The summed E-state index contributed by atoms with van der Waals surface area (Å²) < 4.78 is 0. The number of carboxylic acids is 1. The number of nitrogens with zero attached hydrogens (tertiary/aromatic N) is 1. The van der Waals surface area contributed by atoms with Crippen molar-refractivity contribution in [2.75, 3.05) is 18.0 Å². The van der Waals surface area contributed by atoms with Crippen molar-refractivity contribution in [2.45, 2.75) is 25.8 Å². The summed E-state index contributed by atoms with van der Waals surface area (Å²) in [6.07, 6.45) is 0.909. The van der Waals surface area contributed by atoms with E-state index >= 15 is 0 Å². The Kier molecular flexibility index (Phi) is 3.46. The van der Waals surface area contributed by atoms with E-state index in [2.05, 4.69) is 11.4 Å². The predicted octanol–water partition coefficient (Wildman–Crippen LogP) is 1.03. The molecule has 1 aliphatic heterocycles. The van der Waals surface area contributed by atoms with E-state index in [0.717, 1.165) is 18.7 Å². The molecule has 0 unspecified atom stereocenters. The number of aliphatic carboxylic acids is 1. The zero-order chi connectivity index (χ0) is 14.0. The minimum Gasteiger partial charge on any atom is -0.480 e. The van der Waals surface area contributed by atoms with Gasteiger partial charge in [0.05, 0.1) is 0 Å².